The van der Waals surface area contributed by atoms with Crippen LogP contribution in [0.15, 0.2) is 22.3 Å². The average molecular weight is 246 g/mol. The quantitative estimate of drug-likeness (QED) is 0.390. The van der Waals surface area contributed by atoms with E-state index in [1.165, 1.54) is 16.7 Å². The lowest BCUT2D eigenvalue weighted by Gasteiger charge is -2.18. The first-order valence-electron chi connectivity index (χ1n) is 6.12. The van der Waals surface area contributed by atoms with Crippen molar-refractivity contribution in [2.24, 2.45) is 0 Å². The van der Waals surface area contributed by atoms with Gasteiger partial charge in [0.1, 0.15) is 8.07 Å². The third-order valence-corrected chi connectivity index (χ3v) is 3.92. The van der Waals surface area contributed by atoms with E-state index in [0.29, 0.717) is 0 Å². The van der Waals surface area contributed by atoms with Gasteiger partial charge in [-0.25, -0.2) is 0 Å². The van der Waals surface area contributed by atoms with E-state index in [1.54, 1.807) is 0 Å². The molecule has 0 saturated carbocycles. The molecule has 0 atom stereocenters. The Kier molecular flexibility index (Phi) is 4.16. The molecule has 17 heavy (non-hydrogen) atoms. The molecule has 1 aliphatic carbocycles. The van der Waals surface area contributed by atoms with Gasteiger partial charge in [0.15, 0.2) is 0 Å². The fraction of sp³-hybridized carbons (Fsp3) is 0.533. The highest BCUT2D eigenvalue weighted by atomic mass is 28.3. The molecular weight excluding hydrogens is 224 g/mol. The lowest BCUT2D eigenvalue weighted by Crippen LogP contribution is -2.17. The second-order valence-corrected chi connectivity index (χ2v) is 10.8. The highest BCUT2D eigenvalue weighted by Crippen LogP contribution is 2.29. The molecule has 1 nitrogen and oxygen atoms in total. The molecule has 92 valence electrons. The fourth-order valence-electron chi connectivity index (χ4n) is 1.82. The van der Waals surface area contributed by atoms with Gasteiger partial charge in [-0.1, -0.05) is 36.4 Å². The van der Waals surface area contributed by atoms with Crippen molar-refractivity contribution < 1.29 is 4.79 Å². The number of ketones is 1. The third-order valence-electron chi connectivity index (χ3n) is 3.04. The van der Waals surface area contributed by atoms with E-state index >= 15 is 0 Å². The molecule has 0 spiro atoms. The maximum Gasteiger partial charge on any atom is 0.231 e. The van der Waals surface area contributed by atoms with Gasteiger partial charge in [0.05, 0.1) is 0 Å². The second-order valence-electron chi connectivity index (χ2n) is 6.00. The SMILES string of the molecule is CC1=C(C)CC(C(=O)C#C[Si](C)(C)C)=C(C)C1. The van der Waals surface area contributed by atoms with Gasteiger partial charge in [-0.15, -0.1) is 5.54 Å². The highest BCUT2D eigenvalue weighted by molar-refractivity contribution is 6.84. The Balaban J connectivity index is 2.91. The van der Waals surface area contributed by atoms with E-state index in [1.807, 2.05) is 0 Å². The van der Waals surface area contributed by atoms with Crippen LogP contribution in [-0.4, -0.2) is 13.9 Å². The number of rotatable bonds is 1. The first-order valence-corrected chi connectivity index (χ1v) is 9.62. The van der Waals surface area contributed by atoms with E-state index in [9.17, 15) is 4.79 Å². The van der Waals surface area contributed by atoms with Gasteiger partial charge in [0.2, 0.25) is 5.78 Å². The molecule has 0 unspecified atom stereocenters. The topological polar surface area (TPSA) is 17.1 Å². The first kappa shape index (κ1) is 14.0. The standard InChI is InChI=1S/C15H22OSi/c1-11-9-13(3)14(10-12(11)2)15(16)7-8-17(4,5)6/h9-10H2,1-6H3. The predicted octanol–water partition coefficient (Wildman–Crippen LogP) is 3.88. The average Bonchev–Trinajstić information content (AvgIpc) is 2.19. The number of carbonyl (C=O) groups excluding carboxylic acids is 1. The molecule has 2 heteroatoms. The molecule has 1 rings (SSSR count). The largest absolute Gasteiger partial charge is 0.280 e. The number of hydrogen-bond acceptors (Lipinski definition) is 1. The van der Waals surface area contributed by atoms with Gasteiger partial charge in [0, 0.05) is 5.57 Å². The van der Waals surface area contributed by atoms with E-state index in [2.05, 4.69) is 51.9 Å². The van der Waals surface area contributed by atoms with Crippen molar-refractivity contribution in [2.75, 3.05) is 0 Å². The summed E-state index contributed by atoms with van der Waals surface area (Å²) in [7, 11) is -1.45. The fourth-order valence-corrected chi connectivity index (χ4v) is 2.30. The Hall–Kier alpha value is -1.07. The Labute approximate surface area is 106 Å². The molecule has 0 aromatic rings. The zero-order valence-corrected chi connectivity index (χ0v) is 12.8. The van der Waals surface area contributed by atoms with Gasteiger partial charge < -0.3 is 0 Å². The maximum absolute atomic E-state index is 12.1. The summed E-state index contributed by atoms with van der Waals surface area (Å²) >= 11 is 0. The molecule has 0 aromatic heterocycles. The lowest BCUT2D eigenvalue weighted by molar-refractivity contribution is -0.110. The van der Waals surface area contributed by atoms with Crippen molar-refractivity contribution >= 4 is 13.9 Å². The third kappa shape index (κ3) is 4.01. The Morgan fingerprint density at radius 3 is 2.06 bits per heavy atom. The van der Waals surface area contributed by atoms with Crippen molar-refractivity contribution in [3.05, 3.63) is 22.3 Å². The summed E-state index contributed by atoms with van der Waals surface area (Å²) in [4.78, 5) is 12.1. The van der Waals surface area contributed by atoms with E-state index < -0.39 is 8.07 Å². The lowest BCUT2D eigenvalue weighted by atomic mass is 9.86. The van der Waals surface area contributed by atoms with Crippen LogP contribution >= 0.6 is 0 Å². The van der Waals surface area contributed by atoms with Crippen molar-refractivity contribution in [1.29, 1.82) is 0 Å². The van der Waals surface area contributed by atoms with Crippen LogP contribution in [0.4, 0.5) is 0 Å². The number of carbonyl (C=O) groups is 1. The summed E-state index contributed by atoms with van der Waals surface area (Å²) in [5, 5.41) is 0. The minimum absolute atomic E-state index is 0.0387. The normalized spacial score (nSPS) is 16.8. The van der Waals surface area contributed by atoms with Crippen LogP contribution in [0.1, 0.15) is 33.6 Å². The minimum atomic E-state index is -1.45. The van der Waals surface area contributed by atoms with Gasteiger partial charge in [-0.2, -0.15) is 0 Å². The molecule has 0 aromatic carbocycles. The highest BCUT2D eigenvalue weighted by Gasteiger charge is 2.18. The summed E-state index contributed by atoms with van der Waals surface area (Å²) in [5.74, 6) is 2.89. The number of Topliss-reactive ketones (excluding diaryl/α,β-unsaturated/α-hetero) is 1. The van der Waals surface area contributed by atoms with E-state index in [-0.39, 0.29) is 5.78 Å². The molecule has 0 fully saturated rings. The molecular formula is C15H22OSi. The summed E-state index contributed by atoms with van der Waals surface area (Å²) in [5.41, 5.74) is 8.01. The molecule has 0 N–H and O–H groups in total. The van der Waals surface area contributed by atoms with Crippen molar-refractivity contribution in [2.45, 2.75) is 53.3 Å². The van der Waals surface area contributed by atoms with Crippen molar-refractivity contribution in [1.82, 2.24) is 0 Å². The van der Waals surface area contributed by atoms with E-state index in [0.717, 1.165) is 18.4 Å². The molecule has 0 saturated heterocycles. The van der Waals surface area contributed by atoms with Crippen LogP contribution in [0.5, 0.6) is 0 Å². The summed E-state index contributed by atoms with van der Waals surface area (Å²) < 4.78 is 0. The molecule has 0 bridgehead atoms. The monoisotopic (exact) mass is 246 g/mol. The van der Waals surface area contributed by atoms with Crippen LogP contribution in [0.2, 0.25) is 19.6 Å². The maximum atomic E-state index is 12.1. The first-order chi connectivity index (χ1) is 7.70. The summed E-state index contributed by atoms with van der Waals surface area (Å²) in [6.45, 7) is 12.8. The smallest absolute Gasteiger partial charge is 0.231 e. The Morgan fingerprint density at radius 1 is 1.00 bits per heavy atom. The molecule has 0 radical (unpaired) electrons. The van der Waals surface area contributed by atoms with Crippen LogP contribution in [-0.2, 0) is 4.79 Å². The minimum Gasteiger partial charge on any atom is -0.280 e. The second kappa shape index (κ2) is 5.06. The number of allylic oxidation sites excluding steroid dienone is 4. The Morgan fingerprint density at radius 2 is 1.53 bits per heavy atom. The van der Waals surface area contributed by atoms with E-state index in [4.69, 9.17) is 0 Å². The van der Waals surface area contributed by atoms with Crippen LogP contribution in [0, 0.1) is 11.5 Å². The van der Waals surface area contributed by atoms with Gasteiger partial charge >= 0.3 is 0 Å². The van der Waals surface area contributed by atoms with Crippen LogP contribution < -0.4 is 0 Å². The van der Waals surface area contributed by atoms with Crippen molar-refractivity contribution in [3.63, 3.8) is 0 Å². The van der Waals surface area contributed by atoms with Crippen LogP contribution in [0.25, 0.3) is 0 Å². The van der Waals surface area contributed by atoms with Crippen LogP contribution in [0.3, 0.4) is 0 Å². The summed E-state index contributed by atoms with van der Waals surface area (Å²) in [6, 6.07) is 0. The molecule has 0 aliphatic heterocycles. The zero-order chi connectivity index (χ0) is 13.2. The zero-order valence-electron chi connectivity index (χ0n) is 11.8. The molecule has 1 aliphatic rings. The van der Waals surface area contributed by atoms with Gasteiger partial charge in [0.25, 0.3) is 0 Å². The Bertz CT molecular complexity index is 461. The van der Waals surface area contributed by atoms with Gasteiger partial charge in [-0.05, 0) is 39.5 Å². The summed E-state index contributed by atoms with van der Waals surface area (Å²) in [6.07, 6.45) is 1.72. The van der Waals surface area contributed by atoms with Gasteiger partial charge in [-0.3, -0.25) is 4.79 Å². The molecule has 0 heterocycles. The van der Waals surface area contributed by atoms with Crippen molar-refractivity contribution in [3.8, 4) is 11.5 Å². The predicted molar refractivity (Wildman–Crippen MR) is 76.4 cm³/mol. The molecule has 0 amide bonds. The number of hydrogen-bond donors (Lipinski definition) is 0.